The lowest BCUT2D eigenvalue weighted by molar-refractivity contribution is -0.118. The van der Waals surface area contributed by atoms with Crippen LogP contribution < -0.4 is 15.6 Å². The minimum absolute atomic E-state index is 0.0361. The molecule has 2 aromatic heterocycles. The van der Waals surface area contributed by atoms with Gasteiger partial charge in [0.2, 0.25) is 5.91 Å². The predicted octanol–water partition coefficient (Wildman–Crippen LogP) is 3.94. The molecular formula is C21H25N3O3S2. The fourth-order valence-electron chi connectivity index (χ4n) is 2.90. The van der Waals surface area contributed by atoms with E-state index in [1.807, 2.05) is 58.0 Å². The summed E-state index contributed by atoms with van der Waals surface area (Å²) in [7, 11) is 0. The first-order chi connectivity index (χ1) is 13.9. The third-order valence-electron chi connectivity index (χ3n) is 4.49. The SMILES string of the molecule is Cc1sc2nc(SCC(=O)NCCOc3ccccc3)n(C(C)C)c(=O)c2c1C. The van der Waals surface area contributed by atoms with Gasteiger partial charge < -0.3 is 10.1 Å². The third-order valence-corrected chi connectivity index (χ3v) is 6.54. The molecule has 0 radical (unpaired) electrons. The van der Waals surface area contributed by atoms with Crippen LogP contribution in [0.25, 0.3) is 10.2 Å². The number of rotatable bonds is 8. The van der Waals surface area contributed by atoms with E-state index in [2.05, 4.69) is 10.3 Å². The Morgan fingerprint density at radius 1 is 1.28 bits per heavy atom. The second kappa shape index (κ2) is 9.45. The van der Waals surface area contributed by atoms with Gasteiger partial charge in [0.1, 0.15) is 17.2 Å². The van der Waals surface area contributed by atoms with Gasteiger partial charge in [-0.25, -0.2) is 4.98 Å². The molecule has 0 aliphatic carbocycles. The Balaban J connectivity index is 1.63. The van der Waals surface area contributed by atoms with Gasteiger partial charge in [-0.3, -0.25) is 14.2 Å². The van der Waals surface area contributed by atoms with Gasteiger partial charge in [-0.2, -0.15) is 0 Å². The van der Waals surface area contributed by atoms with Gasteiger partial charge in [-0.1, -0.05) is 30.0 Å². The van der Waals surface area contributed by atoms with Gasteiger partial charge in [0, 0.05) is 10.9 Å². The molecule has 0 saturated heterocycles. The van der Waals surface area contributed by atoms with Crippen molar-refractivity contribution in [2.45, 2.75) is 38.9 Å². The van der Waals surface area contributed by atoms with Crippen LogP contribution in [0.3, 0.4) is 0 Å². The van der Waals surface area contributed by atoms with E-state index >= 15 is 0 Å². The Bertz CT molecular complexity index is 1060. The summed E-state index contributed by atoms with van der Waals surface area (Å²) >= 11 is 2.81. The van der Waals surface area contributed by atoms with Crippen LogP contribution in [0.1, 0.15) is 30.3 Å². The number of para-hydroxylation sites is 1. The average Bonchev–Trinajstić information content (AvgIpc) is 2.98. The summed E-state index contributed by atoms with van der Waals surface area (Å²) in [4.78, 5) is 31.7. The number of aryl methyl sites for hydroxylation is 2. The summed E-state index contributed by atoms with van der Waals surface area (Å²) in [6.07, 6.45) is 0. The second-order valence-electron chi connectivity index (χ2n) is 6.93. The maximum atomic E-state index is 13.0. The Morgan fingerprint density at radius 3 is 2.69 bits per heavy atom. The van der Waals surface area contributed by atoms with E-state index in [-0.39, 0.29) is 23.3 Å². The molecule has 0 aliphatic heterocycles. The van der Waals surface area contributed by atoms with Gasteiger partial charge >= 0.3 is 0 Å². The van der Waals surface area contributed by atoms with Crippen molar-refractivity contribution in [1.82, 2.24) is 14.9 Å². The number of nitrogens with one attached hydrogen (secondary N) is 1. The molecule has 0 spiro atoms. The monoisotopic (exact) mass is 431 g/mol. The van der Waals surface area contributed by atoms with Crippen LogP contribution in [0.5, 0.6) is 5.75 Å². The van der Waals surface area contributed by atoms with Crippen molar-refractivity contribution in [3.63, 3.8) is 0 Å². The van der Waals surface area contributed by atoms with E-state index in [9.17, 15) is 9.59 Å². The van der Waals surface area contributed by atoms with Crippen molar-refractivity contribution in [3.05, 3.63) is 51.1 Å². The quantitative estimate of drug-likeness (QED) is 0.332. The molecule has 0 unspecified atom stereocenters. The molecule has 0 fully saturated rings. The first kappa shape index (κ1) is 21.4. The van der Waals surface area contributed by atoms with Crippen molar-refractivity contribution in [3.8, 4) is 5.75 Å². The van der Waals surface area contributed by atoms with Gasteiger partial charge in [-0.15, -0.1) is 11.3 Å². The second-order valence-corrected chi connectivity index (χ2v) is 9.07. The first-order valence-corrected chi connectivity index (χ1v) is 11.3. The number of amides is 1. The van der Waals surface area contributed by atoms with E-state index in [1.165, 1.54) is 23.1 Å². The highest BCUT2D eigenvalue weighted by atomic mass is 32.2. The zero-order valence-corrected chi connectivity index (χ0v) is 18.7. The molecule has 0 atom stereocenters. The third kappa shape index (κ3) is 5.00. The number of hydrogen-bond donors (Lipinski definition) is 1. The zero-order valence-electron chi connectivity index (χ0n) is 17.0. The smallest absolute Gasteiger partial charge is 0.263 e. The Kier molecular flexibility index (Phi) is 6.97. The highest BCUT2D eigenvalue weighted by molar-refractivity contribution is 7.99. The summed E-state index contributed by atoms with van der Waals surface area (Å²) in [5.41, 5.74) is 0.954. The number of thiophene rings is 1. The predicted molar refractivity (Wildman–Crippen MR) is 119 cm³/mol. The lowest BCUT2D eigenvalue weighted by Gasteiger charge is -2.15. The number of thioether (sulfide) groups is 1. The molecule has 3 aromatic rings. The van der Waals surface area contributed by atoms with E-state index in [0.717, 1.165) is 21.0 Å². The summed E-state index contributed by atoms with van der Waals surface area (Å²) in [6, 6.07) is 9.44. The van der Waals surface area contributed by atoms with Gasteiger partial charge in [-0.05, 0) is 45.4 Å². The van der Waals surface area contributed by atoms with Crippen LogP contribution in [-0.2, 0) is 4.79 Å². The molecular weight excluding hydrogens is 406 g/mol. The van der Waals surface area contributed by atoms with E-state index in [1.54, 1.807) is 4.57 Å². The minimum atomic E-state index is -0.116. The normalized spacial score (nSPS) is 11.2. The van der Waals surface area contributed by atoms with Crippen LogP contribution in [0, 0.1) is 13.8 Å². The molecule has 0 aliphatic rings. The lowest BCUT2D eigenvalue weighted by atomic mass is 10.2. The standard InChI is InChI=1S/C21H25N3O3S2/c1-13(2)24-20(26)18-14(3)15(4)29-19(18)23-21(24)28-12-17(25)22-10-11-27-16-8-6-5-7-9-16/h5-9,13H,10-12H2,1-4H3,(H,22,25). The van der Waals surface area contributed by atoms with Crippen molar-refractivity contribution in [2.24, 2.45) is 0 Å². The zero-order chi connectivity index (χ0) is 21.0. The minimum Gasteiger partial charge on any atom is -0.492 e. The van der Waals surface area contributed by atoms with Crippen molar-refractivity contribution in [2.75, 3.05) is 18.9 Å². The summed E-state index contributed by atoms with van der Waals surface area (Å²) in [5.74, 6) is 0.852. The number of hydrogen-bond acceptors (Lipinski definition) is 6. The van der Waals surface area contributed by atoms with E-state index in [4.69, 9.17) is 4.74 Å². The molecule has 29 heavy (non-hydrogen) atoms. The van der Waals surface area contributed by atoms with Crippen LogP contribution in [0.4, 0.5) is 0 Å². The van der Waals surface area contributed by atoms with Crippen LogP contribution >= 0.6 is 23.1 Å². The van der Waals surface area contributed by atoms with Crippen molar-refractivity contribution < 1.29 is 9.53 Å². The molecule has 1 N–H and O–H groups in total. The highest BCUT2D eigenvalue weighted by Crippen LogP contribution is 2.29. The number of carbonyl (C=O) groups is 1. The van der Waals surface area contributed by atoms with Crippen LogP contribution in [0.2, 0.25) is 0 Å². The molecule has 0 bridgehead atoms. The van der Waals surface area contributed by atoms with Crippen molar-refractivity contribution >= 4 is 39.2 Å². The van der Waals surface area contributed by atoms with Crippen molar-refractivity contribution in [1.29, 1.82) is 0 Å². The number of benzene rings is 1. The largest absolute Gasteiger partial charge is 0.492 e. The first-order valence-electron chi connectivity index (χ1n) is 9.48. The fourth-order valence-corrected chi connectivity index (χ4v) is 4.93. The molecule has 6 nitrogen and oxygen atoms in total. The summed E-state index contributed by atoms with van der Waals surface area (Å²) < 4.78 is 7.25. The van der Waals surface area contributed by atoms with E-state index in [0.29, 0.717) is 23.7 Å². The molecule has 2 heterocycles. The number of ether oxygens (including phenoxy) is 1. The number of nitrogens with zero attached hydrogens (tertiary/aromatic N) is 2. The Morgan fingerprint density at radius 2 is 2.00 bits per heavy atom. The number of fused-ring (bicyclic) bond motifs is 1. The molecule has 8 heteroatoms. The summed E-state index contributed by atoms with van der Waals surface area (Å²) in [6.45, 7) is 8.68. The van der Waals surface area contributed by atoms with Gasteiger partial charge in [0.25, 0.3) is 5.56 Å². The molecule has 1 amide bonds. The maximum Gasteiger partial charge on any atom is 0.263 e. The fraction of sp³-hybridized carbons (Fsp3) is 0.381. The molecule has 0 saturated carbocycles. The Hall–Kier alpha value is -2.32. The maximum absolute atomic E-state index is 13.0. The summed E-state index contributed by atoms with van der Waals surface area (Å²) in [5, 5.41) is 4.11. The highest BCUT2D eigenvalue weighted by Gasteiger charge is 2.19. The Labute approximate surface area is 178 Å². The molecule has 154 valence electrons. The topological polar surface area (TPSA) is 73.2 Å². The van der Waals surface area contributed by atoms with Gasteiger partial charge in [0.05, 0.1) is 17.7 Å². The number of aromatic nitrogens is 2. The van der Waals surface area contributed by atoms with Crippen LogP contribution in [0.15, 0.2) is 40.3 Å². The lowest BCUT2D eigenvalue weighted by Crippen LogP contribution is -2.30. The average molecular weight is 432 g/mol. The van der Waals surface area contributed by atoms with Crippen LogP contribution in [-0.4, -0.2) is 34.4 Å². The van der Waals surface area contributed by atoms with E-state index < -0.39 is 0 Å². The van der Waals surface area contributed by atoms with Gasteiger partial charge in [0.15, 0.2) is 5.16 Å². The molecule has 3 rings (SSSR count). The molecule has 1 aromatic carbocycles. The number of carbonyl (C=O) groups excluding carboxylic acids is 1.